The SMILES string of the molecule is CCC(CC)(CNCc1ccc(-c2ccc(Br)cc2)o1)C(=O)O. The second-order valence-electron chi connectivity index (χ2n) is 5.67. The summed E-state index contributed by atoms with van der Waals surface area (Å²) in [5.41, 5.74) is 0.308. The highest BCUT2D eigenvalue weighted by molar-refractivity contribution is 9.10. The maximum atomic E-state index is 11.5. The maximum absolute atomic E-state index is 11.5. The Balaban J connectivity index is 1.97. The Morgan fingerprint density at radius 1 is 1.17 bits per heavy atom. The number of hydrogen-bond acceptors (Lipinski definition) is 3. The standard InChI is InChI=1S/C18H22BrNO3/c1-3-18(4-2,17(21)22)12-20-11-15-9-10-16(23-15)13-5-7-14(19)8-6-13/h5-10,20H,3-4,11-12H2,1-2H3,(H,21,22). The van der Waals surface area contributed by atoms with E-state index < -0.39 is 11.4 Å². The van der Waals surface area contributed by atoms with Gasteiger partial charge in [0.1, 0.15) is 11.5 Å². The van der Waals surface area contributed by atoms with Gasteiger partial charge < -0.3 is 14.8 Å². The van der Waals surface area contributed by atoms with Gasteiger partial charge in [-0.25, -0.2) is 0 Å². The molecule has 0 atom stereocenters. The Bertz CT molecular complexity index is 645. The van der Waals surface area contributed by atoms with Crippen LogP contribution in [0.25, 0.3) is 11.3 Å². The van der Waals surface area contributed by atoms with Gasteiger partial charge >= 0.3 is 5.97 Å². The van der Waals surface area contributed by atoms with Crippen molar-refractivity contribution in [3.8, 4) is 11.3 Å². The molecule has 2 N–H and O–H groups in total. The van der Waals surface area contributed by atoms with E-state index in [9.17, 15) is 9.90 Å². The molecular formula is C18H22BrNO3. The van der Waals surface area contributed by atoms with Crippen molar-refractivity contribution in [2.75, 3.05) is 6.54 Å². The van der Waals surface area contributed by atoms with Crippen LogP contribution >= 0.6 is 15.9 Å². The summed E-state index contributed by atoms with van der Waals surface area (Å²) in [6.45, 7) is 4.78. The summed E-state index contributed by atoms with van der Waals surface area (Å²) in [6, 6.07) is 11.8. The molecule has 124 valence electrons. The molecule has 0 saturated carbocycles. The van der Waals surface area contributed by atoms with E-state index in [1.807, 2.05) is 50.2 Å². The summed E-state index contributed by atoms with van der Waals surface area (Å²) in [6.07, 6.45) is 1.21. The molecule has 0 aliphatic heterocycles. The van der Waals surface area contributed by atoms with Gasteiger partial charge in [0.05, 0.1) is 12.0 Å². The van der Waals surface area contributed by atoms with E-state index in [-0.39, 0.29) is 0 Å². The van der Waals surface area contributed by atoms with Crippen molar-refractivity contribution in [3.05, 3.63) is 46.6 Å². The number of nitrogens with one attached hydrogen (secondary N) is 1. The van der Waals surface area contributed by atoms with Crippen molar-refractivity contribution in [2.24, 2.45) is 5.41 Å². The molecule has 4 nitrogen and oxygen atoms in total. The first kappa shape index (κ1) is 17.8. The van der Waals surface area contributed by atoms with Crippen molar-refractivity contribution >= 4 is 21.9 Å². The first-order chi connectivity index (χ1) is 11.0. The van der Waals surface area contributed by atoms with E-state index in [2.05, 4.69) is 21.2 Å². The quantitative estimate of drug-likeness (QED) is 0.698. The molecule has 0 fully saturated rings. The third-order valence-corrected chi connectivity index (χ3v) is 4.89. The molecule has 0 amide bonds. The molecule has 0 radical (unpaired) electrons. The van der Waals surface area contributed by atoms with E-state index in [1.54, 1.807) is 0 Å². The van der Waals surface area contributed by atoms with Crippen LogP contribution in [0.15, 0.2) is 45.3 Å². The highest BCUT2D eigenvalue weighted by Gasteiger charge is 2.34. The lowest BCUT2D eigenvalue weighted by Crippen LogP contribution is -2.39. The monoisotopic (exact) mass is 379 g/mol. The van der Waals surface area contributed by atoms with Gasteiger partial charge in [0.25, 0.3) is 0 Å². The van der Waals surface area contributed by atoms with Gasteiger partial charge in [-0.05, 0) is 37.1 Å². The predicted octanol–water partition coefficient (Wildman–Crippen LogP) is 4.69. The minimum absolute atomic E-state index is 0.434. The zero-order chi connectivity index (χ0) is 16.9. The Labute approximate surface area is 145 Å². The van der Waals surface area contributed by atoms with E-state index in [1.165, 1.54) is 0 Å². The lowest BCUT2D eigenvalue weighted by Gasteiger charge is -2.26. The van der Waals surface area contributed by atoms with Gasteiger partial charge in [-0.1, -0.05) is 41.9 Å². The smallest absolute Gasteiger partial charge is 0.310 e. The molecule has 0 aliphatic carbocycles. The van der Waals surface area contributed by atoms with Crippen LogP contribution in [-0.4, -0.2) is 17.6 Å². The topological polar surface area (TPSA) is 62.5 Å². The first-order valence-electron chi connectivity index (χ1n) is 7.79. The highest BCUT2D eigenvalue weighted by atomic mass is 79.9. The molecule has 0 spiro atoms. The van der Waals surface area contributed by atoms with Crippen LogP contribution in [-0.2, 0) is 11.3 Å². The Hall–Kier alpha value is -1.59. The van der Waals surface area contributed by atoms with E-state index in [0.717, 1.165) is 21.6 Å². The van der Waals surface area contributed by atoms with Gasteiger partial charge in [-0.2, -0.15) is 0 Å². The number of carboxylic acid groups (broad SMARTS) is 1. The van der Waals surface area contributed by atoms with Gasteiger partial charge in [-0.3, -0.25) is 4.79 Å². The molecule has 0 saturated heterocycles. The molecule has 0 unspecified atom stereocenters. The van der Waals surface area contributed by atoms with Crippen LogP contribution in [0.2, 0.25) is 0 Å². The van der Waals surface area contributed by atoms with Crippen LogP contribution in [0.4, 0.5) is 0 Å². The molecule has 5 heteroatoms. The summed E-state index contributed by atoms with van der Waals surface area (Å²) in [4.78, 5) is 11.5. The molecule has 1 aromatic carbocycles. The highest BCUT2D eigenvalue weighted by Crippen LogP contribution is 2.27. The fourth-order valence-corrected chi connectivity index (χ4v) is 2.81. The predicted molar refractivity (Wildman–Crippen MR) is 94.2 cm³/mol. The van der Waals surface area contributed by atoms with E-state index in [4.69, 9.17) is 4.42 Å². The van der Waals surface area contributed by atoms with Gasteiger partial charge in [-0.15, -0.1) is 0 Å². The van der Waals surface area contributed by atoms with Crippen LogP contribution in [0.5, 0.6) is 0 Å². The van der Waals surface area contributed by atoms with Crippen molar-refractivity contribution in [3.63, 3.8) is 0 Å². The van der Waals surface area contributed by atoms with E-state index >= 15 is 0 Å². The zero-order valence-electron chi connectivity index (χ0n) is 13.4. The number of rotatable bonds is 8. The van der Waals surface area contributed by atoms with Crippen molar-refractivity contribution in [1.29, 1.82) is 0 Å². The van der Waals surface area contributed by atoms with Gasteiger partial charge in [0.2, 0.25) is 0 Å². The van der Waals surface area contributed by atoms with Crippen molar-refractivity contribution < 1.29 is 14.3 Å². The fraction of sp³-hybridized carbons (Fsp3) is 0.389. The zero-order valence-corrected chi connectivity index (χ0v) is 15.0. The second-order valence-corrected chi connectivity index (χ2v) is 6.58. The minimum Gasteiger partial charge on any atom is -0.481 e. The molecule has 2 rings (SSSR count). The Morgan fingerprint density at radius 2 is 1.83 bits per heavy atom. The average Bonchev–Trinajstić information content (AvgIpc) is 3.01. The molecule has 1 heterocycles. The number of halogens is 1. The minimum atomic E-state index is -0.745. The third-order valence-electron chi connectivity index (χ3n) is 4.36. The summed E-state index contributed by atoms with van der Waals surface area (Å²) in [5.74, 6) is 0.865. The third kappa shape index (κ3) is 4.24. The number of benzene rings is 1. The lowest BCUT2D eigenvalue weighted by atomic mass is 9.82. The van der Waals surface area contributed by atoms with Crippen LogP contribution in [0, 0.1) is 5.41 Å². The summed E-state index contributed by atoms with van der Waals surface area (Å²) in [7, 11) is 0. The Kier molecular flexibility index (Phi) is 6.02. The normalized spacial score (nSPS) is 11.6. The summed E-state index contributed by atoms with van der Waals surface area (Å²) >= 11 is 3.41. The molecule has 0 aliphatic rings. The summed E-state index contributed by atoms with van der Waals surface area (Å²) in [5, 5.41) is 12.6. The number of furan rings is 1. The number of carbonyl (C=O) groups is 1. The largest absolute Gasteiger partial charge is 0.481 e. The fourth-order valence-electron chi connectivity index (χ4n) is 2.55. The Morgan fingerprint density at radius 3 is 2.39 bits per heavy atom. The summed E-state index contributed by atoms with van der Waals surface area (Å²) < 4.78 is 6.85. The van der Waals surface area contributed by atoms with Gasteiger partial charge in [0, 0.05) is 16.6 Å². The maximum Gasteiger partial charge on any atom is 0.310 e. The molecule has 2 aromatic rings. The lowest BCUT2D eigenvalue weighted by molar-refractivity contribution is -0.149. The van der Waals surface area contributed by atoms with Gasteiger partial charge in [0.15, 0.2) is 0 Å². The number of carboxylic acids is 1. The van der Waals surface area contributed by atoms with Crippen LogP contribution in [0.1, 0.15) is 32.4 Å². The first-order valence-corrected chi connectivity index (χ1v) is 8.59. The van der Waals surface area contributed by atoms with Crippen molar-refractivity contribution in [2.45, 2.75) is 33.2 Å². The number of aliphatic carboxylic acids is 1. The molecule has 0 bridgehead atoms. The van der Waals surface area contributed by atoms with Crippen molar-refractivity contribution in [1.82, 2.24) is 5.32 Å². The number of hydrogen-bond donors (Lipinski definition) is 2. The molecular weight excluding hydrogens is 358 g/mol. The van der Waals surface area contributed by atoms with Crippen LogP contribution < -0.4 is 5.32 Å². The average molecular weight is 380 g/mol. The molecule has 1 aromatic heterocycles. The van der Waals surface area contributed by atoms with E-state index in [0.29, 0.717) is 25.9 Å². The molecule has 23 heavy (non-hydrogen) atoms. The van der Waals surface area contributed by atoms with Crippen LogP contribution in [0.3, 0.4) is 0 Å². The second kappa shape index (κ2) is 7.79.